The summed E-state index contributed by atoms with van der Waals surface area (Å²) in [5.74, 6) is -0.532. The van der Waals surface area contributed by atoms with Gasteiger partial charge in [0.15, 0.2) is 0 Å². The summed E-state index contributed by atoms with van der Waals surface area (Å²) in [6.45, 7) is 1.76. The second kappa shape index (κ2) is 3.31. The molecule has 0 aliphatic heterocycles. The zero-order valence-electron chi connectivity index (χ0n) is 6.67. The Kier molecular flexibility index (Phi) is 2.39. The normalized spacial score (nSPS) is 23.1. The molecule has 1 aliphatic carbocycles. The molecular weight excluding hydrogens is 157 g/mol. The van der Waals surface area contributed by atoms with E-state index in [4.69, 9.17) is 5.26 Å². The van der Waals surface area contributed by atoms with E-state index in [2.05, 4.69) is 0 Å². The van der Waals surface area contributed by atoms with Crippen molar-refractivity contribution in [2.45, 2.75) is 13.3 Å². The van der Waals surface area contributed by atoms with Gasteiger partial charge in [0, 0.05) is 6.42 Å². The molecule has 3 heteroatoms. The highest BCUT2D eigenvalue weighted by Crippen LogP contribution is 2.28. The molecule has 0 saturated heterocycles. The number of carbonyl (C=O) groups excluding carboxylic acids is 1. The van der Waals surface area contributed by atoms with Crippen LogP contribution in [0.25, 0.3) is 0 Å². The van der Waals surface area contributed by atoms with E-state index in [0.717, 1.165) is 0 Å². The molecule has 0 bridgehead atoms. The number of nitriles is 1. The smallest absolute Gasteiger partial charge is 0.146 e. The van der Waals surface area contributed by atoms with E-state index in [1.807, 2.05) is 0 Å². The summed E-state index contributed by atoms with van der Waals surface area (Å²) in [6.07, 6.45) is 2.15. The van der Waals surface area contributed by atoms with Crippen LogP contribution in [-0.4, -0.2) is 6.29 Å². The number of rotatable bonds is 1. The lowest BCUT2D eigenvalue weighted by Crippen LogP contribution is -2.07. The first-order valence-corrected chi connectivity index (χ1v) is 3.64. The van der Waals surface area contributed by atoms with Crippen LogP contribution in [0.3, 0.4) is 0 Å². The Morgan fingerprint density at radius 3 is 3.00 bits per heavy atom. The molecule has 0 aromatic heterocycles. The molecule has 0 N–H and O–H groups in total. The molecule has 0 saturated carbocycles. The van der Waals surface area contributed by atoms with Gasteiger partial charge in [-0.1, -0.05) is 6.92 Å². The van der Waals surface area contributed by atoms with Crippen molar-refractivity contribution < 1.29 is 9.18 Å². The quantitative estimate of drug-likeness (QED) is 0.557. The summed E-state index contributed by atoms with van der Waals surface area (Å²) >= 11 is 0. The molecule has 1 atom stereocenters. The molecule has 0 amide bonds. The van der Waals surface area contributed by atoms with E-state index in [0.29, 0.717) is 11.9 Å². The minimum atomic E-state index is -0.421. The maximum atomic E-state index is 12.9. The van der Waals surface area contributed by atoms with Crippen molar-refractivity contribution in [3.63, 3.8) is 0 Å². The van der Waals surface area contributed by atoms with Crippen molar-refractivity contribution in [2.75, 3.05) is 0 Å². The number of carbonyl (C=O) groups is 1. The van der Waals surface area contributed by atoms with Crippen LogP contribution in [0.5, 0.6) is 0 Å². The Balaban J connectivity index is 3.06. The fourth-order valence-corrected chi connectivity index (χ4v) is 1.13. The first-order chi connectivity index (χ1) is 5.69. The van der Waals surface area contributed by atoms with Gasteiger partial charge in [0.2, 0.25) is 0 Å². The molecule has 2 nitrogen and oxygen atoms in total. The number of hydrogen-bond acceptors (Lipinski definition) is 2. The summed E-state index contributed by atoms with van der Waals surface area (Å²) in [6, 6.07) is 1.71. The number of hydrogen-bond donors (Lipinski definition) is 0. The first-order valence-electron chi connectivity index (χ1n) is 3.64. The third kappa shape index (κ3) is 1.42. The lowest BCUT2D eigenvalue weighted by Gasteiger charge is -2.14. The highest BCUT2D eigenvalue weighted by Gasteiger charge is 2.19. The molecular formula is C9H8FNO. The number of nitrogens with zero attached hydrogens (tertiary/aromatic N) is 1. The number of halogens is 1. The van der Waals surface area contributed by atoms with E-state index >= 15 is 0 Å². The van der Waals surface area contributed by atoms with E-state index in [1.54, 1.807) is 13.0 Å². The lowest BCUT2D eigenvalue weighted by molar-refractivity contribution is -0.105. The van der Waals surface area contributed by atoms with Gasteiger partial charge >= 0.3 is 0 Å². The molecule has 0 heterocycles. The van der Waals surface area contributed by atoms with Gasteiger partial charge < -0.3 is 0 Å². The number of aldehydes is 1. The predicted molar refractivity (Wildman–Crippen MR) is 41.7 cm³/mol. The van der Waals surface area contributed by atoms with Gasteiger partial charge in [-0.15, -0.1) is 0 Å². The average molecular weight is 165 g/mol. The van der Waals surface area contributed by atoms with Gasteiger partial charge in [-0.3, -0.25) is 4.79 Å². The van der Waals surface area contributed by atoms with Crippen LogP contribution < -0.4 is 0 Å². The van der Waals surface area contributed by atoms with Gasteiger partial charge in [-0.2, -0.15) is 5.26 Å². The van der Waals surface area contributed by atoms with Crippen LogP contribution in [0, 0.1) is 17.2 Å². The summed E-state index contributed by atoms with van der Waals surface area (Å²) < 4.78 is 12.9. The zero-order valence-corrected chi connectivity index (χ0v) is 6.67. The van der Waals surface area contributed by atoms with Crippen LogP contribution in [0.2, 0.25) is 0 Å². The molecule has 0 fully saturated rings. The van der Waals surface area contributed by atoms with Crippen molar-refractivity contribution in [3.05, 3.63) is 23.0 Å². The minimum Gasteiger partial charge on any atom is -0.298 e. The average Bonchev–Trinajstić information content (AvgIpc) is 2.05. The van der Waals surface area contributed by atoms with Gasteiger partial charge in [-0.25, -0.2) is 4.39 Å². The summed E-state index contributed by atoms with van der Waals surface area (Å²) in [4.78, 5) is 10.4. The maximum absolute atomic E-state index is 12.9. The minimum absolute atomic E-state index is 0.0183. The fraction of sp³-hybridized carbons (Fsp3) is 0.333. The molecule has 0 aromatic rings. The molecule has 1 unspecified atom stereocenters. The topological polar surface area (TPSA) is 40.9 Å². The van der Waals surface area contributed by atoms with Crippen molar-refractivity contribution in [1.29, 1.82) is 5.26 Å². The molecule has 0 aromatic carbocycles. The monoisotopic (exact) mass is 165 g/mol. The van der Waals surface area contributed by atoms with Crippen molar-refractivity contribution >= 4 is 6.29 Å². The Bertz CT molecular complexity index is 309. The SMILES string of the molecule is CC1CC(F)=C(C#N)C=C1C=O. The Labute approximate surface area is 70.0 Å². The van der Waals surface area contributed by atoms with E-state index in [1.165, 1.54) is 6.08 Å². The Morgan fingerprint density at radius 2 is 2.50 bits per heavy atom. The van der Waals surface area contributed by atoms with Crippen molar-refractivity contribution in [2.24, 2.45) is 5.92 Å². The zero-order chi connectivity index (χ0) is 9.14. The van der Waals surface area contributed by atoms with Crippen LogP contribution in [0.15, 0.2) is 23.0 Å². The molecule has 0 radical (unpaired) electrons. The molecule has 1 aliphatic rings. The van der Waals surface area contributed by atoms with Gasteiger partial charge in [0.1, 0.15) is 18.2 Å². The highest BCUT2D eigenvalue weighted by atomic mass is 19.1. The second-order valence-corrected chi connectivity index (χ2v) is 2.80. The summed E-state index contributed by atoms with van der Waals surface area (Å²) in [5.41, 5.74) is 0.475. The summed E-state index contributed by atoms with van der Waals surface area (Å²) in [7, 11) is 0. The largest absolute Gasteiger partial charge is 0.298 e. The third-order valence-electron chi connectivity index (χ3n) is 1.91. The molecule has 12 heavy (non-hydrogen) atoms. The molecule has 62 valence electrons. The van der Waals surface area contributed by atoms with Gasteiger partial charge in [0.05, 0.1) is 5.57 Å². The van der Waals surface area contributed by atoms with Crippen LogP contribution in [0.4, 0.5) is 4.39 Å². The predicted octanol–water partition coefficient (Wildman–Crippen LogP) is 1.90. The Hall–Kier alpha value is -1.43. The molecule has 0 spiro atoms. The van der Waals surface area contributed by atoms with Gasteiger partial charge in [0.25, 0.3) is 0 Å². The third-order valence-corrected chi connectivity index (χ3v) is 1.91. The second-order valence-electron chi connectivity index (χ2n) is 2.80. The molecule has 1 rings (SSSR count). The maximum Gasteiger partial charge on any atom is 0.146 e. The first kappa shape index (κ1) is 8.66. The van der Waals surface area contributed by atoms with Crippen molar-refractivity contribution in [3.8, 4) is 6.07 Å². The van der Waals surface area contributed by atoms with Crippen LogP contribution >= 0.6 is 0 Å². The van der Waals surface area contributed by atoms with E-state index < -0.39 is 5.83 Å². The van der Waals surface area contributed by atoms with Crippen molar-refractivity contribution in [1.82, 2.24) is 0 Å². The number of allylic oxidation sites excluding steroid dienone is 4. The van der Waals surface area contributed by atoms with E-state index in [9.17, 15) is 9.18 Å². The Morgan fingerprint density at radius 1 is 1.83 bits per heavy atom. The van der Waals surface area contributed by atoms with Crippen LogP contribution in [-0.2, 0) is 4.79 Å². The lowest BCUT2D eigenvalue weighted by atomic mass is 9.90. The van der Waals surface area contributed by atoms with E-state index in [-0.39, 0.29) is 17.9 Å². The standard InChI is InChI=1S/C9H8FNO/c1-6-2-9(10)7(4-11)3-8(6)5-12/h3,5-6H,2H2,1H3. The summed E-state index contributed by atoms with van der Waals surface area (Å²) in [5, 5.41) is 8.45. The highest BCUT2D eigenvalue weighted by molar-refractivity contribution is 5.76. The van der Waals surface area contributed by atoms with Gasteiger partial charge in [-0.05, 0) is 17.6 Å². The van der Waals surface area contributed by atoms with Crippen LogP contribution in [0.1, 0.15) is 13.3 Å². The fourth-order valence-electron chi connectivity index (χ4n) is 1.13.